The fourth-order valence-corrected chi connectivity index (χ4v) is 2.60. The molecule has 1 atom stereocenters. The molecule has 3 nitrogen and oxygen atoms in total. The molecule has 1 aromatic rings. The molecule has 0 amide bonds. The highest BCUT2D eigenvalue weighted by molar-refractivity contribution is 9.11. The van der Waals surface area contributed by atoms with Gasteiger partial charge in [0, 0.05) is 17.3 Å². The van der Waals surface area contributed by atoms with Gasteiger partial charge in [0.15, 0.2) is 0 Å². The Morgan fingerprint density at radius 3 is 2.86 bits per heavy atom. The Hall–Kier alpha value is -0.390. The third-order valence-corrected chi connectivity index (χ3v) is 3.62. The Kier molecular flexibility index (Phi) is 4.57. The van der Waals surface area contributed by atoms with Gasteiger partial charge < -0.3 is 10.8 Å². The SMILES string of the molecule is NC(CCCC(=O)O)c1ccc(Br)s1. The predicted octanol–water partition coefficient (Wildman–Crippen LogP) is 2.77. The van der Waals surface area contributed by atoms with E-state index in [0.29, 0.717) is 6.42 Å². The molecule has 0 aromatic carbocycles. The van der Waals surface area contributed by atoms with E-state index in [4.69, 9.17) is 10.8 Å². The second-order valence-electron chi connectivity index (χ2n) is 3.03. The van der Waals surface area contributed by atoms with Gasteiger partial charge in [-0.1, -0.05) is 0 Å². The van der Waals surface area contributed by atoms with Crippen molar-refractivity contribution in [3.8, 4) is 0 Å². The number of thiophene rings is 1. The van der Waals surface area contributed by atoms with Crippen molar-refractivity contribution >= 4 is 33.2 Å². The van der Waals surface area contributed by atoms with E-state index in [1.807, 2.05) is 12.1 Å². The van der Waals surface area contributed by atoms with Crippen LogP contribution in [-0.2, 0) is 4.79 Å². The van der Waals surface area contributed by atoms with Gasteiger partial charge in [-0.25, -0.2) is 0 Å². The number of carboxylic acid groups (broad SMARTS) is 1. The van der Waals surface area contributed by atoms with E-state index in [1.165, 1.54) is 0 Å². The first-order chi connectivity index (χ1) is 6.59. The monoisotopic (exact) mass is 277 g/mol. The summed E-state index contributed by atoms with van der Waals surface area (Å²) in [5.74, 6) is -0.760. The van der Waals surface area contributed by atoms with E-state index in [1.54, 1.807) is 11.3 Å². The van der Waals surface area contributed by atoms with Gasteiger partial charge in [0.25, 0.3) is 0 Å². The molecule has 1 unspecified atom stereocenters. The first-order valence-corrected chi connectivity index (χ1v) is 5.93. The van der Waals surface area contributed by atoms with Crippen LogP contribution in [0.15, 0.2) is 15.9 Å². The number of nitrogens with two attached hydrogens (primary N) is 1. The molecule has 78 valence electrons. The summed E-state index contributed by atoms with van der Waals surface area (Å²) in [7, 11) is 0. The van der Waals surface area contributed by atoms with E-state index in [9.17, 15) is 4.79 Å². The average molecular weight is 278 g/mol. The van der Waals surface area contributed by atoms with Gasteiger partial charge in [0.2, 0.25) is 0 Å². The van der Waals surface area contributed by atoms with E-state index in [2.05, 4.69) is 15.9 Å². The number of carboxylic acids is 1. The summed E-state index contributed by atoms with van der Waals surface area (Å²) in [5.41, 5.74) is 5.89. The van der Waals surface area contributed by atoms with Gasteiger partial charge in [-0.2, -0.15) is 0 Å². The highest BCUT2D eigenvalue weighted by Crippen LogP contribution is 2.28. The van der Waals surface area contributed by atoms with Crippen LogP contribution in [0.2, 0.25) is 0 Å². The van der Waals surface area contributed by atoms with Crippen LogP contribution in [0.25, 0.3) is 0 Å². The minimum absolute atomic E-state index is 0.0364. The standard InChI is InChI=1S/C9H12BrNO2S/c10-8-5-4-7(14-8)6(11)2-1-3-9(12)13/h4-6H,1-3,11H2,(H,12,13). The zero-order valence-corrected chi connectivity index (χ0v) is 9.97. The number of carbonyl (C=O) groups is 1. The third kappa shape index (κ3) is 3.77. The molecule has 14 heavy (non-hydrogen) atoms. The Labute approximate surface area is 95.1 Å². The van der Waals surface area contributed by atoms with Crippen LogP contribution in [0, 0.1) is 0 Å². The molecule has 0 aliphatic heterocycles. The molecule has 3 N–H and O–H groups in total. The maximum atomic E-state index is 10.3. The number of hydrogen-bond acceptors (Lipinski definition) is 3. The lowest BCUT2D eigenvalue weighted by molar-refractivity contribution is -0.137. The molecule has 1 rings (SSSR count). The Morgan fingerprint density at radius 1 is 1.64 bits per heavy atom. The zero-order valence-electron chi connectivity index (χ0n) is 7.57. The van der Waals surface area contributed by atoms with Crippen LogP contribution in [0.3, 0.4) is 0 Å². The maximum absolute atomic E-state index is 10.3. The first kappa shape index (κ1) is 11.7. The van der Waals surface area contributed by atoms with Crippen molar-refractivity contribution < 1.29 is 9.90 Å². The average Bonchev–Trinajstić information content (AvgIpc) is 2.51. The van der Waals surface area contributed by atoms with Crippen molar-refractivity contribution in [3.05, 3.63) is 20.8 Å². The van der Waals surface area contributed by atoms with Crippen LogP contribution < -0.4 is 5.73 Å². The van der Waals surface area contributed by atoms with Gasteiger partial charge in [0.1, 0.15) is 0 Å². The summed E-state index contributed by atoms with van der Waals surface area (Å²) in [6.45, 7) is 0. The second-order valence-corrected chi connectivity index (χ2v) is 5.53. The summed E-state index contributed by atoms with van der Waals surface area (Å²) < 4.78 is 1.06. The summed E-state index contributed by atoms with van der Waals surface area (Å²) in [4.78, 5) is 11.4. The maximum Gasteiger partial charge on any atom is 0.303 e. The Balaban J connectivity index is 2.35. The molecule has 0 saturated carbocycles. The van der Waals surface area contributed by atoms with Crippen LogP contribution >= 0.6 is 27.3 Å². The van der Waals surface area contributed by atoms with Crippen LogP contribution in [0.1, 0.15) is 30.2 Å². The molecular formula is C9H12BrNO2S. The summed E-state index contributed by atoms with van der Waals surface area (Å²) in [6, 6.07) is 3.89. The lowest BCUT2D eigenvalue weighted by Crippen LogP contribution is -2.09. The molecule has 0 spiro atoms. The lowest BCUT2D eigenvalue weighted by Gasteiger charge is -2.07. The normalized spacial score (nSPS) is 12.7. The first-order valence-electron chi connectivity index (χ1n) is 4.32. The minimum Gasteiger partial charge on any atom is -0.481 e. The number of aliphatic carboxylic acids is 1. The summed E-state index contributed by atoms with van der Waals surface area (Å²) >= 11 is 4.96. The van der Waals surface area contributed by atoms with Crippen molar-refractivity contribution in [1.82, 2.24) is 0 Å². The third-order valence-electron chi connectivity index (χ3n) is 1.87. The number of rotatable bonds is 5. The largest absolute Gasteiger partial charge is 0.481 e. The smallest absolute Gasteiger partial charge is 0.303 e. The van der Waals surface area contributed by atoms with E-state index in [0.717, 1.165) is 15.1 Å². The molecule has 0 saturated heterocycles. The van der Waals surface area contributed by atoms with Crippen LogP contribution in [0.4, 0.5) is 0 Å². The van der Waals surface area contributed by atoms with E-state index < -0.39 is 5.97 Å². The van der Waals surface area contributed by atoms with Crippen LogP contribution in [-0.4, -0.2) is 11.1 Å². The zero-order chi connectivity index (χ0) is 10.6. The van der Waals surface area contributed by atoms with Gasteiger partial charge in [-0.3, -0.25) is 4.79 Å². The van der Waals surface area contributed by atoms with Gasteiger partial charge in [0.05, 0.1) is 3.79 Å². The van der Waals surface area contributed by atoms with Gasteiger partial charge in [-0.05, 0) is 40.9 Å². The Bertz CT molecular complexity index is 314. The predicted molar refractivity (Wildman–Crippen MR) is 60.4 cm³/mol. The van der Waals surface area contributed by atoms with Gasteiger partial charge >= 0.3 is 5.97 Å². The highest BCUT2D eigenvalue weighted by Gasteiger charge is 2.09. The summed E-state index contributed by atoms with van der Waals surface area (Å²) in [5, 5.41) is 8.46. The number of halogens is 1. The van der Waals surface area contributed by atoms with Crippen molar-refractivity contribution in [2.45, 2.75) is 25.3 Å². The molecule has 0 bridgehead atoms. The number of hydrogen-bond donors (Lipinski definition) is 2. The lowest BCUT2D eigenvalue weighted by atomic mass is 10.1. The minimum atomic E-state index is -0.760. The van der Waals surface area contributed by atoms with E-state index in [-0.39, 0.29) is 12.5 Å². The molecule has 0 fully saturated rings. The molecule has 0 aliphatic carbocycles. The fraction of sp³-hybridized carbons (Fsp3) is 0.444. The van der Waals surface area contributed by atoms with Crippen molar-refractivity contribution in [2.75, 3.05) is 0 Å². The van der Waals surface area contributed by atoms with Crippen LogP contribution in [0.5, 0.6) is 0 Å². The van der Waals surface area contributed by atoms with Gasteiger partial charge in [-0.15, -0.1) is 11.3 Å². The van der Waals surface area contributed by atoms with Crippen molar-refractivity contribution in [1.29, 1.82) is 0 Å². The molecular weight excluding hydrogens is 266 g/mol. The molecule has 0 radical (unpaired) electrons. The topological polar surface area (TPSA) is 63.3 Å². The fourth-order valence-electron chi connectivity index (χ4n) is 1.14. The second kappa shape index (κ2) is 5.48. The Morgan fingerprint density at radius 2 is 2.36 bits per heavy atom. The van der Waals surface area contributed by atoms with Crippen molar-refractivity contribution in [2.24, 2.45) is 5.73 Å². The molecule has 1 heterocycles. The molecule has 1 aromatic heterocycles. The quantitative estimate of drug-likeness (QED) is 0.870. The van der Waals surface area contributed by atoms with E-state index >= 15 is 0 Å². The molecule has 0 aliphatic rings. The highest BCUT2D eigenvalue weighted by atomic mass is 79.9. The summed E-state index contributed by atoms with van der Waals surface area (Å²) in [6.07, 6.45) is 1.55. The molecule has 5 heteroatoms. The van der Waals surface area contributed by atoms with Crippen molar-refractivity contribution in [3.63, 3.8) is 0 Å².